The third kappa shape index (κ3) is 6.97. The maximum absolute atomic E-state index is 12.9. The molecular formula is C25H25N3O6S. The first-order valence-corrected chi connectivity index (χ1v) is 11.6. The number of hydrogen-bond donors (Lipinski definition) is 2. The summed E-state index contributed by atoms with van der Waals surface area (Å²) in [6.45, 7) is 1.91. The molecule has 182 valence electrons. The lowest BCUT2D eigenvalue weighted by Gasteiger charge is -2.16. The maximum Gasteiger partial charge on any atom is 0.270 e. The summed E-state index contributed by atoms with van der Waals surface area (Å²) < 4.78 is 10.5. The van der Waals surface area contributed by atoms with Crippen LogP contribution in [-0.4, -0.2) is 36.2 Å². The zero-order chi connectivity index (χ0) is 25.4. The molecule has 0 heterocycles. The Morgan fingerprint density at radius 3 is 2.26 bits per heavy atom. The molecule has 2 amide bonds. The molecule has 1 unspecified atom stereocenters. The number of rotatable bonds is 10. The van der Waals surface area contributed by atoms with E-state index in [9.17, 15) is 19.7 Å². The molecule has 0 aliphatic heterocycles. The Bertz CT molecular complexity index is 1210. The summed E-state index contributed by atoms with van der Waals surface area (Å²) in [5.41, 5.74) is 1.09. The second-order valence-corrected chi connectivity index (χ2v) is 8.67. The summed E-state index contributed by atoms with van der Waals surface area (Å²) >= 11 is 1.36. The van der Waals surface area contributed by atoms with Crippen molar-refractivity contribution >= 4 is 40.6 Å². The van der Waals surface area contributed by atoms with E-state index in [2.05, 4.69) is 10.6 Å². The minimum atomic E-state index is -0.550. The van der Waals surface area contributed by atoms with Gasteiger partial charge in [-0.2, -0.15) is 0 Å². The molecule has 0 saturated carbocycles. The first kappa shape index (κ1) is 25.6. The minimum Gasteiger partial charge on any atom is -0.497 e. The summed E-state index contributed by atoms with van der Waals surface area (Å²) in [6, 6.07) is 17.7. The number of ether oxygens (including phenoxy) is 2. The highest BCUT2D eigenvalue weighted by Gasteiger charge is 2.19. The van der Waals surface area contributed by atoms with Crippen LogP contribution < -0.4 is 20.1 Å². The molecule has 3 rings (SSSR count). The number of carbonyl (C=O) groups is 2. The Balaban J connectivity index is 1.69. The van der Waals surface area contributed by atoms with Crippen molar-refractivity contribution in [3.63, 3.8) is 0 Å². The van der Waals surface area contributed by atoms with Crippen LogP contribution in [0.2, 0.25) is 0 Å². The molecule has 35 heavy (non-hydrogen) atoms. The molecule has 0 spiro atoms. The van der Waals surface area contributed by atoms with Crippen LogP contribution in [0.15, 0.2) is 71.6 Å². The number of anilines is 2. The lowest BCUT2D eigenvalue weighted by atomic mass is 10.2. The summed E-state index contributed by atoms with van der Waals surface area (Å²) in [5.74, 6) is 0.478. The van der Waals surface area contributed by atoms with E-state index in [1.54, 1.807) is 36.4 Å². The van der Waals surface area contributed by atoms with Crippen LogP contribution in [0.3, 0.4) is 0 Å². The molecule has 0 radical (unpaired) electrons. The van der Waals surface area contributed by atoms with Crippen molar-refractivity contribution in [3.8, 4) is 11.5 Å². The smallest absolute Gasteiger partial charge is 0.270 e. The molecule has 1 atom stereocenters. The van der Waals surface area contributed by atoms with Gasteiger partial charge >= 0.3 is 0 Å². The standard InChI is InChI=1S/C25H25N3O6S/c1-4-23(25(30)27-18-12-20(33-2)15-21(13-18)34-3)35-22-10-6-8-17(14-22)26-24(29)16-7-5-9-19(11-16)28(31)32/h5-15,23H,4H2,1-3H3,(H,26,29)(H,27,30). The maximum atomic E-state index is 12.9. The number of nitro groups is 1. The zero-order valence-corrected chi connectivity index (χ0v) is 20.3. The number of nitrogens with one attached hydrogen (secondary N) is 2. The van der Waals surface area contributed by atoms with Crippen LogP contribution in [0, 0.1) is 10.1 Å². The number of hydrogen-bond acceptors (Lipinski definition) is 7. The third-order valence-corrected chi connectivity index (χ3v) is 6.33. The van der Waals surface area contributed by atoms with Crippen LogP contribution >= 0.6 is 11.8 Å². The Kier molecular flexibility index (Phi) is 8.69. The lowest BCUT2D eigenvalue weighted by Crippen LogP contribution is -2.24. The SMILES string of the molecule is CCC(Sc1cccc(NC(=O)c2cccc([N+](=O)[O-])c2)c1)C(=O)Nc1cc(OC)cc(OC)c1. The van der Waals surface area contributed by atoms with E-state index in [0.717, 1.165) is 4.90 Å². The summed E-state index contributed by atoms with van der Waals surface area (Å²) in [5, 5.41) is 16.2. The van der Waals surface area contributed by atoms with Gasteiger partial charge in [-0.1, -0.05) is 19.1 Å². The van der Waals surface area contributed by atoms with E-state index in [4.69, 9.17) is 9.47 Å². The van der Waals surface area contributed by atoms with Gasteiger partial charge in [-0.15, -0.1) is 11.8 Å². The number of nitro benzene ring substituents is 1. The van der Waals surface area contributed by atoms with Crippen LogP contribution in [0.1, 0.15) is 23.7 Å². The average Bonchev–Trinajstić information content (AvgIpc) is 2.87. The van der Waals surface area contributed by atoms with Crippen molar-refractivity contribution < 1.29 is 24.0 Å². The zero-order valence-electron chi connectivity index (χ0n) is 19.4. The number of methoxy groups -OCH3 is 2. The molecule has 3 aromatic rings. The van der Waals surface area contributed by atoms with Gasteiger partial charge in [-0.05, 0) is 30.7 Å². The Morgan fingerprint density at radius 1 is 0.943 bits per heavy atom. The van der Waals surface area contributed by atoms with Crippen molar-refractivity contribution in [1.29, 1.82) is 0 Å². The van der Waals surface area contributed by atoms with Gasteiger partial charge in [0.25, 0.3) is 11.6 Å². The van der Waals surface area contributed by atoms with Crippen molar-refractivity contribution in [3.05, 3.63) is 82.4 Å². The van der Waals surface area contributed by atoms with Gasteiger partial charge in [-0.25, -0.2) is 0 Å². The van der Waals surface area contributed by atoms with Crippen LogP contribution in [0.5, 0.6) is 11.5 Å². The second kappa shape index (κ2) is 11.9. The normalized spacial score (nSPS) is 11.3. The van der Waals surface area contributed by atoms with E-state index in [-0.39, 0.29) is 17.2 Å². The molecule has 9 nitrogen and oxygen atoms in total. The van der Waals surface area contributed by atoms with Crippen molar-refractivity contribution in [2.24, 2.45) is 0 Å². The molecule has 0 fully saturated rings. The predicted molar refractivity (Wildman–Crippen MR) is 136 cm³/mol. The fraction of sp³-hybridized carbons (Fsp3) is 0.200. The van der Waals surface area contributed by atoms with Crippen molar-refractivity contribution in [1.82, 2.24) is 0 Å². The van der Waals surface area contributed by atoms with E-state index >= 15 is 0 Å². The fourth-order valence-electron chi connectivity index (χ4n) is 3.20. The molecule has 0 aliphatic rings. The van der Waals surface area contributed by atoms with Gasteiger partial charge in [0.05, 0.1) is 24.4 Å². The quantitative estimate of drug-likeness (QED) is 0.220. The summed E-state index contributed by atoms with van der Waals surface area (Å²) in [4.78, 5) is 36.7. The number of benzene rings is 3. The molecule has 0 aromatic heterocycles. The van der Waals surface area contributed by atoms with Crippen LogP contribution in [-0.2, 0) is 4.79 Å². The molecule has 0 bridgehead atoms. The Labute approximate surface area is 207 Å². The average molecular weight is 496 g/mol. The van der Waals surface area contributed by atoms with Gasteiger partial charge < -0.3 is 20.1 Å². The molecule has 0 saturated heterocycles. The number of amides is 2. The topological polar surface area (TPSA) is 120 Å². The number of thioether (sulfide) groups is 1. The highest BCUT2D eigenvalue weighted by Crippen LogP contribution is 2.30. The largest absolute Gasteiger partial charge is 0.497 e. The molecule has 2 N–H and O–H groups in total. The molecule has 0 aliphatic carbocycles. The van der Waals surface area contributed by atoms with E-state index in [1.165, 1.54) is 50.2 Å². The molecule has 3 aromatic carbocycles. The second-order valence-electron chi connectivity index (χ2n) is 7.39. The third-order valence-electron chi connectivity index (χ3n) is 4.97. The van der Waals surface area contributed by atoms with Crippen molar-refractivity contribution in [2.45, 2.75) is 23.5 Å². The molecular weight excluding hydrogens is 470 g/mol. The van der Waals surface area contributed by atoms with Crippen LogP contribution in [0.25, 0.3) is 0 Å². The van der Waals surface area contributed by atoms with Crippen LogP contribution in [0.4, 0.5) is 17.1 Å². The molecule has 10 heteroatoms. The van der Waals surface area contributed by atoms with Gasteiger partial charge in [0.2, 0.25) is 5.91 Å². The van der Waals surface area contributed by atoms with Crippen molar-refractivity contribution in [2.75, 3.05) is 24.9 Å². The monoisotopic (exact) mass is 495 g/mol. The van der Waals surface area contributed by atoms with E-state index in [1.807, 2.05) is 13.0 Å². The van der Waals surface area contributed by atoms with E-state index in [0.29, 0.717) is 29.3 Å². The Morgan fingerprint density at radius 2 is 1.63 bits per heavy atom. The number of carbonyl (C=O) groups excluding carboxylic acids is 2. The highest BCUT2D eigenvalue weighted by molar-refractivity contribution is 8.00. The fourth-order valence-corrected chi connectivity index (χ4v) is 4.21. The number of nitrogens with zero attached hydrogens (tertiary/aromatic N) is 1. The van der Waals surface area contributed by atoms with Gasteiger partial charge in [-0.3, -0.25) is 19.7 Å². The van der Waals surface area contributed by atoms with Gasteiger partial charge in [0.15, 0.2) is 0 Å². The minimum absolute atomic E-state index is 0.160. The Hall–Kier alpha value is -4.05. The van der Waals surface area contributed by atoms with E-state index < -0.39 is 16.1 Å². The predicted octanol–water partition coefficient (Wildman–Crippen LogP) is 5.37. The number of non-ortho nitro benzene ring substituents is 1. The highest BCUT2D eigenvalue weighted by atomic mass is 32.2. The first-order valence-electron chi connectivity index (χ1n) is 10.7. The van der Waals surface area contributed by atoms with Gasteiger partial charge in [0, 0.05) is 52.2 Å². The summed E-state index contributed by atoms with van der Waals surface area (Å²) in [7, 11) is 3.08. The van der Waals surface area contributed by atoms with Gasteiger partial charge in [0.1, 0.15) is 11.5 Å². The lowest BCUT2D eigenvalue weighted by molar-refractivity contribution is -0.384. The summed E-state index contributed by atoms with van der Waals surface area (Å²) in [6.07, 6.45) is 0.571. The first-order chi connectivity index (χ1) is 16.8.